The van der Waals surface area contributed by atoms with Crippen LogP contribution in [0.1, 0.15) is 48.2 Å². The fourth-order valence-corrected chi connectivity index (χ4v) is 3.95. The molecule has 36 heavy (non-hydrogen) atoms. The number of fused-ring (bicyclic) bond motifs is 1. The summed E-state index contributed by atoms with van der Waals surface area (Å²) < 4.78 is 27.8. The largest absolute Gasteiger partial charge is 0.493 e. The molecule has 0 radical (unpaired) electrons. The van der Waals surface area contributed by atoms with Gasteiger partial charge in [0.2, 0.25) is 6.79 Å². The second-order valence-corrected chi connectivity index (χ2v) is 9.29. The normalized spacial score (nSPS) is 13.2. The number of ether oxygens (including phenoxy) is 4. The Morgan fingerprint density at radius 1 is 0.889 bits per heavy atom. The molecule has 8 heteroatoms. The average molecular weight is 495 g/mol. The van der Waals surface area contributed by atoms with Gasteiger partial charge in [-0.2, -0.15) is 0 Å². The van der Waals surface area contributed by atoms with Gasteiger partial charge in [0.15, 0.2) is 28.8 Å². The van der Waals surface area contributed by atoms with Crippen LogP contribution in [0.5, 0.6) is 23.0 Å². The zero-order valence-corrected chi connectivity index (χ0v) is 21.5. The van der Waals surface area contributed by atoms with E-state index in [1.54, 1.807) is 20.3 Å². The van der Waals surface area contributed by atoms with E-state index in [2.05, 4.69) is 24.1 Å². The molecule has 0 spiro atoms. The van der Waals surface area contributed by atoms with Crippen molar-refractivity contribution >= 4 is 5.91 Å². The number of nitrogens with one attached hydrogen (secondary N) is 1. The zero-order valence-electron chi connectivity index (χ0n) is 21.5. The Hall–Kier alpha value is -3.65. The maximum absolute atomic E-state index is 12.6. The summed E-state index contributed by atoms with van der Waals surface area (Å²) in [6.45, 7) is 8.14. The van der Waals surface area contributed by atoms with Crippen LogP contribution in [0.4, 0.5) is 0 Å². The lowest BCUT2D eigenvalue weighted by atomic mass is 10.1. The molecule has 0 saturated carbocycles. The molecular weight excluding hydrogens is 460 g/mol. The molecule has 3 aromatic rings. The monoisotopic (exact) mass is 494 g/mol. The number of amides is 1. The number of rotatable bonds is 11. The highest BCUT2D eigenvalue weighted by atomic mass is 16.7. The van der Waals surface area contributed by atoms with E-state index in [0.29, 0.717) is 48.6 Å². The highest BCUT2D eigenvalue weighted by Gasteiger charge is 2.19. The van der Waals surface area contributed by atoms with Gasteiger partial charge in [-0.3, -0.25) is 9.69 Å². The van der Waals surface area contributed by atoms with Gasteiger partial charge in [0, 0.05) is 19.1 Å². The van der Waals surface area contributed by atoms with Crippen LogP contribution in [0.15, 0.2) is 52.9 Å². The van der Waals surface area contributed by atoms with Gasteiger partial charge in [0.05, 0.1) is 20.8 Å². The molecule has 1 aromatic heterocycles. The Bertz CT molecular complexity index is 1190. The number of nitrogens with zero attached hydrogens (tertiary/aromatic N) is 1. The van der Waals surface area contributed by atoms with Crippen molar-refractivity contribution in [2.75, 3.05) is 21.0 Å². The summed E-state index contributed by atoms with van der Waals surface area (Å²) >= 11 is 0. The summed E-state index contributed by atoms with van der Waals surface area (Å²) in [4.78, 5) is 14.8. The minimum absolute atomic E-state index is 0.0543. The molecule has 1 amide bonds. The number of furan rings is 1. The van der Waals surface area contributed by atoms with E-state index in [9.17, 15) is 4.79 Å². The first-order valence-corrected chi connectivity index (χ1v) is 12.1. The molecule has 2 aromatic carbocycles. The van der Waals surface area contributed by atoms with E-state index in [1.165, 1.54) is 0 Å². The first kappa shape index (κ1) is 25.4. The lowest BCUT2D eigenvalue weighted by molar-refractivity contribution is 0.0897. The first-order valence-electron chi connectivity index (χ1n) is 12.1. The van der Waals surface area contributed by atoms with Crippen LogP contribution in [-0.4, -0.2) is 37.9 Å². The van der Waals surface area contributed by atoms with E-state index in [1.807, 2.05) is 49.4 Å². The van der Waals surface area contributed by atoms with Crippen LogP contribution < -0.4 is 24.3 Å². The van der Waals surface area contributed by atoms with Gasteiger partial charge in [0.25, 0.3) is 5.91 Å². The van der Waals surface area contributed by atoms with Gasteiger partial charge in [-0.1, -0.05) is 26.0 Å². The van der Waals surface area contributed by atoms with Crippen molar-refractivity contribution in [3.8, 4) is 23.0 Å². The van der Waals surface area contributed by atoms with E-state index in [-0.39, 0.29) is 18.7 Å². The second-order valence-electron chi connectivity index (χ2n) is 9.29. The van der Waals surface area contributed by atoms with Crippen LogP contribution in [-0.2, 0) is 19.6 Å². The number of hydrogen-bond acceptors (Lipinski definition) is 7. The van der Waals surface area contributed by atoms with Crippen molar-refractivity contribution in [1.29, 1.82) is 0 Å². The predicted molar refractivity (Wildman–Crippen MR) is 136 cm³/mol. The lowest BCUT2D eigenvalue weighted by Gasteiger charge is -2.22. The van der Waals surface area contributed by atoms with Crippen molar-refractivity contribution < 1.29 is 28.2 Å². The molecule has 0 bridgehead atoms. The molecular formula is C28H34N2O6. The average Bonchev–Trinajstić information content (AvgIpc) is 3.53. The minimum atomic E-state index is -0.204. The van der Waals surface area contributed by atoms with Crippen molar-refractivity contribution in [2.24, 2.45) is 5.92 Å². The van der Waals surface area contributed by atoms with Crippen molar-refractivity contribution in [3.05, 3.63) is 71.2 Å². The summed E-state index contributed by atoms with van der Waals surface area (Å²) in [6.07, 6.45) is 0. The molecule has 8 nitrogen and oxygen atoms in total. The van der Waals surface area contributed by atoms with Crippen LogP contribution in [0.3, 0.4) is 0 Å². The maximum atomic E-state index is 12.6. The summed E-state index contributed by atoms with van der Waals surface area (Å²) in [5.41, 5.74) is 2.14. The molecule has 0 fully saturated rings. The van der Waals surface area contributed by atoms with E-state index in [0.717, 1.165) is 22.6 Å². The van der Waals surface area contributed by atoms with Crippen LogP contribution >= 0.6 is 0 Å². The standard InChI is InChI=1S/C28H34N2O6/c1-18(2)19(3)29-28(31)25-11-8-22(36-25)16-30(14-20-6-9-23(32-4)26(12-20)33-5)15-21-7-10-24-27(13-21)35-17-34-24/h6-13,18-19H,14-17H2,1-5H3,(H,29,31). The zero-order chi connectivity index (χ0) is 25.7. The third-order valence-electron chi connectivity index (χ3n) is 6.32. The topological polar surface area (TPSA) is 82.4 Å². The minimum Gasteiger partial charge on any atom is -0.493 e. The fourth-order valence-electron chi connectivity index (χ4n) is 3.95. The molecule has 1 atom stereocenters. The Morgan fingerprint density at radius 3 is 2.31 bits per heavy atom. The summed E-state index contributed by atoms with van der Waals surface area (Å²) in [5.74, 6) is 4.00. The Morgan fingerprint density at radius 2 is 1.58 bits per heavy atom. The van der Waals surface area contributed by atoms with Crippen LogP contribution in [0.2, 0.25) is 0 Å². The first-order chi connectivity index (χ1) is 17.4. The maximum Gasteiger partial charge on any atom is 0.287 e. The molecule has 1 N–H and O–H groups in total. The number of carbonyl (C=O) groups is 1. The molecule has 1 unspecified atom stereocenters. The Balaban J connectivity index is 1.53. The smallest absolute Gasteiger partial charge is 0.287 e. The van der Waals surface area contributed by atoms with Gasteiger partial charge < -0.3 is 28.7 Å². The quantitative estimate of drug-likeness (QED) is 0.402. The molecule has 1 aliphatic rings. The fraction of sp³-hybridized carbons (Fsp3) is 0.393. The molecule has 0 saturated heterocycles. The third-order valence-corrected chi connectivity index (χ3v) is 6.32. The third kappa shape index (κ3) is 6.12. The number of carbonyl (C=O) groups excluding carboxylic acids is 1. The predicted octanol–water partition coefficient (Wildman–Crippen LogP) is 5.00. The van der Waals surface area contributed by atoms with E-state index in [4.69, 9.17) is 23.4 Å². The summed E-state index contributed by atoms with van der Waals surface area (Å²) in [7, 11) is 3.25. The Kier molecular flexibility index (Phi) is 8.05. The summed E-state index contributed by atoms with van der Waals surface area (Å²) in [6, 6.07) is 15.5. The van der Waals surface area contributed by atoms with Gasteiger partial charge >= 0.3 is 0 Å². The molecule has 4 rings (SSSR count). The molecule has 0 aliphatic carbocycles. The Labute approximate surface area is 212 Å². The van der Waals surface area contributed by atoms with Crippen molar-refractivity contribution in [3.63, 3.8) is 0 Å². The van der Waals surface area contributed by atoms with Gasteiger partial charge in [-0.05, 0) is 60.4 Å². The number of hydrogen-bond donors (Lipinski definition) is 1. The van der Waals surface area contributed by atoms with E-state index >= 15 is 0 Å². The van der Waals surface area contributed by atoms with Crippen molar-refractivity contribution in [1.82, 2.24) is 10.2 Å². The molecule has 2 heterocycles. The molecule has 192 valence electrons. The second kappa shape index (κ2) is 11.4. The van der Waals surface area contributed by atoms with Gasteiger partial charge in [-0.25, -0.2) is 0 Å². The highest BCUT2D eigenvalue weighted by molar-refractivity contribution is 5.91. The number of methoxy groups -OCH3 is 2. The lowest BCUT2D eigenvalue weighted by Crippen LogP contribution is -2.35. The van der Waals surface area contributed by atoms with Crippen LogP contribution in [0, 0.1) is 5.92 Å². The number of benzene rings is 2. The molecule has 1 aliphatic heterocycles. The SMILES string of the molecule is COc1ccc(CN(Cc2ccc3c(c2)OCO3)Cc2ccc(C(=O)NC(C)C(C)C)o2)cc1OC. The summed E-state index contributed by atoms with van der Waals surface area (Å²) in [5, 5.41) is 2.99. The van der Waals surface area contributed by atoms with Gasteiger partial charge in [0.1, 0.15) is 5.76 Å². The van der Waals surface area contributed by atoms with E-state index < -0.39 is 0 Å². The van der Waals surface area contributed by atoms with Crippen molar-refractivity contribution in [2.45, 2.75) is 46.4 Å². The van der Waals surface area contributed by atoms with Crippen LogP contribution in [0.25, 0.3) is 0 Å². The highest BCUT2D eigenvalue weighted by Crippen LogP contribution is 2.33. The van der Waals surface area contributed by atoms with Gasteiger partial charge in [-0.15, -0.1) is 0 Å².